The first-order valence-electron chi connectivity index (χ1n) is 1.82. The van der Waals surface area contributed by atoms with Crippen molar-refractivity contribution in [2.45, 2.75) is 13.8 Å². The van der Waals surface area contributed by atoms with Crippen LogP contribution in [-0.2, 0) is 36.9 Å². The summed E-state index contributed by atoms with van der Waals surface area (Å²) in [5.41, 5.74) is 0. The van der Waals surface area contributed by atoms with E-state index in [-0.39, 0.29) is 43.7 Å². The maximum atomic E-state index is 8.89. The minimum Gasteiger partial charge on any atom is -0.550 e. The average molecular weight is 285 g/mol. The zero-order chi connectivity index (χ0) is 7.15. The van der Waals surface area contributed by atoms with Crippen molar-refractivity contribution in [2.24, 2.45) is 0 Å². The molecule has 0 aromatic rings. The van der Waals surface area contributed by atoms with Crippen LogP contribution in [0.2, 0.25) is 0 Å². The van der Waals surface area contributed by atoms with Gasteiger partial charge < -0.3 is 36.2 Å². The van der Waals surface area contributed by atoms with Crippen LogP contribution in [0, 0.1) is 0 Å². The van der Waals surface area contributed by atoms with Crippen molar-refractivity contribution >= 4 is 11.9 Å². The van der Waals surface area contributed by atoms with Crippen LogP contribution >= 0.6 is 0 Å². The molecule has 7 nitrogen and oxygen atoms in total. The number of carbonyl (C=O) groups is 2. The Morgan fingerprint density at radius 2 is 0.833 bits per heavy atom. The predicted molar refractivity (Wildman–Crippen MR) is 32.2 cm³/mol. The van der Waals surface area contributed by atoms with E-state index in [0.717, 1.165) is 13.8 Å². The molecule has 0 aromatic carbocycles. The van der Waals surface area contributed by atoms with E-state index in [2.05, 4.69) is 0 Å². The number of carboxylic acid groups (broad SMARTS) is 2. The van der Waals surface area contributed by atoms with E-state index in [1.54, 1.807) is 0 Å². The number of carboxylic acids is 2. The zero-order valence-electron chi connectivity index (χ0n) is 6.84. The monoisotopic (exact) mass is 286 g/mol. The molecule has 0 atom stereocenters. The number of hydrogen-bond donors (Lipinski definition) is 0. The standard InChI is InChI=1S/2C2H4O2.Cd.3H2O/c2*1-2(3)4;;;;/h2*1H3,(H,3,4);;3*1H2/q;;+2;;;/p-2. The first kappa shape index (κ1) is 41.1. The Balaban J connectivity index is -0.0000000112. The number of aliphatic carboxylic acids is 2. The molecule has 6 N–H and O–H groups in total. The Hall–Kier alpha value is -0.258. The molecule has 0 aliphatic heterocycles. The summed E-state index contributed by atoms with van der Waals surface area (Å²) in [5, 5.41) is 17.8. The van der Waals surface area contributed by atoms with E-state index < -0.39 is 11.9 Å². The Morgan fingerprint density at radius 3 is 0.833 bits per heavy atom. The number of hydrogen-bond acceptors (Lipinski definition) is 4. The molecule has 0 bridgehead atoms. The minimum atomic E-state index is -1.08. The van der Waals surface area contributed by atoms with Gasteiger partial charge in [-0.2, -0.15) is 0 Å². The summed E-state index contributed by atoms with van der Waals surface area (Å²) < 4.78 is 0. The number of carbonyl (C=O) groups excluding carboxylic acids is 2. The first-order valence-corrected chi connectivity index (χ1v) is 1.82. The van der Waals surface area contributed by atoms with Crippen molar-refractivity contribution in [3.63, 3.8) is 0 Å². The van der Waals surface area contributed by atoms with Crippen molar-refractivity contribution in [2.75, 3.05) is 0 Å². The van der Waals surface area contributed by atoms with Crippen molar-refractivity contribution in [3.05, 3.63) is 0 Å². The molecule has 0 heterocycles. The van der Waals surface area contributed by atoms with Crippen LogP contribution in [0.15, 0.2) is 0 Å². The fourth-order valence-corrected chi connectivity index (χ4v) is 0. The quantitative estimate of drug-likeness (QED) is 0.405. The van der Waals surface area contributed by atoms with Gasteiger partial charge in [0, 0.05) is 11.9 Å². The maximum absolute atomic E-state index is 8.89. The van der Waals surface area contributed by atoms with Gasteiger partial charge in [-0.05, 0) is 13.8 Å². The Kier molecular flexibility index (Phi) is 106. The third-order valence-corrected chi connectivity index (χ3v) is 0. The Morgan fingerprint density at radius 1 is 0.833 bits per heavy atom. The zero-order valence-corrected chi connectivity index (χ0v) is 10.9. The topological polar surface area (TPSA) is 175 Å². The van der Waals surface area contributed by atoms with Gasteiger partial charge in [0.15, 0.2) is 0 Å². The van der Waals surface area contributed by atoms with Gasteiger partial charge in [0.05, 0.1) is 0 Å². The van der Waals surface area contributed by atoms with Crippen LogP contribution in [0.4, 0.5) is 0 Å². The molecule has 0 saturated heterocycles. The SMILES string of the molecule is CC(=O)[O-].CC(=O)[O-].O.O.O.[Cd+2]. The molecule has 0 saturated carbocycles. The summed E-state index contributed by atoms with van der Waals surface area (Å²) in [6.45, 7) is 1.94. The van der Waals surface area contributed by atoms with Crippen LogP contribution in [0.5, 0.6) is 0 Å². The van der Waals surface area contributed by atoms with Crippen LogP contribution in [0.25, 0.3) is 0 Å². The summed E-state index contributed by atoms with van der Waals surface area (Å²) in [5.74, 6) is -2.17. The third kappa shape index (κ3) is 11200. The second kappa shape index (κ2) is 30.9. The van der Waals surface area contributed by atoms with E-state index in [9.17, 15) is 0 Å². The van der Waals surface area contributed by atoms with Gasteiger partial charge in [0.25, 0.3) is 0 Å². The summed E-state index contributed by atoms with van der Waals surface area (Å²) >= 11 is 0. The maximum Gasteiger partial charge on any atom is 2.00 e. The summed E-state index contributed by atoms with van der Waals surface area (Å²) in [7, 11) is 0. The number of rotatable bonds is 0. The molecule has 8 heteroatoms. The molecule has 0 amide bonds. The largest absolute Gasteiger partial charge is 2.00 e. The molecular weight excluding hydrogens is 272 g/mol. The van der Waals surface area contributed by atoms with Gasteiger partial charge in [0.1, 0.15) is 0 Å². The molecule has 0 radical (unpaired) electrons. The minimum absolute atomic E-state index is 0. The summed E-state index contributed by atoms with van der Waals surface area (Å²) in [6, 6.07) is 0. The molecule has 0 aliphatic rings. The van der Waals surface area contributed by atoms with E-state index in [1.165, 1.54) is 0 Å². The summed E-state index contributed by atoms with van der Waals surface area (Å²) in [4.78, 5) is 17.8. The second-order valence-electron chi connectivity index (χ2n) is 0.983. The van der Waals surface area contributed by atoms with E-state index in [0.29, 0.717) is 0 Å². The molecule has 72 valence electrons. The molecule has 0 rings (SSSR count). The smallest absolute Gasteiger partial charge is 0.550 e. The predicted octanol–water partition coefficient (Wildman–Crippen LogP) is -4.96. The van der Waals surface area contributed by atoms with Crippen LogP contribution in [0.3, 0.4) is 0 Å². The molecule has 0 aromatic heterocycles. The second-order valence-corrected chi connectivity index (χ2v) is 0.983. The van der Waals surface area contributed by atoms with Crippen molar-refractivity contribution in [3.8, 4) is 0 Å². The van der Waals surface area contributed by atoms with Crippen molar-refractivity contribution in [1.82, 2.24) is 0 Å². The van der Waals surface area contributed by atoms with Gasteiger partial charge in [-0.25, -0.2) is 0 Å². The normalized spacial score (nSPS) is 4.17. The van der Waals surface area contributed by atoms with Gasteiger partial charge in [-0.3, -0.25) is 0 Å². The van der Waals surface area contributed by atoms with Gasteiger partial charge in [-0.1, -0.05) is 0 Å². The van der Waals surface area contributed by atoms with Crippen LogP contribution in [-0.4, -0.2) is 28.4 Å². The van der Waals surface area contributed by atoms with Gasteiger partial charge >= 0.3 is 27.3 Å². The average Bonchev–Trinajstić information content (AvgIpc) is 1.25. The fraction of sp³-hybridized carbons (Fsp3) is 0.500. The van der Waals surface area contributed by atoms with E-state index >= 15 is 0 Å². The third-order valence-electron chi connectivity index (χ3n) is 0. The van der Waals surface area contributed by atoms with E-state index in [1.807, 2.05) is 0 Å². The molecule has 0 fully saturated rings. The molecule has 12 heavy (non-hydrogen) atoms. The molecule has 0 unspecified atom stereocenters. The van der Waals surface area contributed by atoms with Crippen molar-refractivity contribution < 1.29 is 63.5 Å². The van der Waals surface area contributed by atoms with E-state index in [4.69, 9.17) is 19.8 Å². The van der Waals surface area contributed by atoms with Gasteiger partial charge in [0.2, 0.25) is 0 Å². The Bertz CT molecular complexity index is 73.4. The fourth-order valence-electron chi connectivity index (χ4n) is 0. The molecule has 0 aliphatic carbocycles. The van der Waals surface area contributed by atoms with Gasteiger partial charge in [-0.15, -0.1) is 0 Å². The Labute approximate surface area is 89.5 Å². The van der Waals surface area contributed by atoms with Crippen LogP contribution in [0.1, 0.15) is 13.8 Å². The summed E-state index contributed by atoms with van der Waals surface area (Å²) in [6.07, 6.45) is 0. The molecular formula is C4H12CdO7. The van der Waals surface area contributed by atoms with Crippen molar-refractivity contribution in [1.29, 1.82) is 0 Å². The first-order chi connectivity index (χ1) is 3.46. The van der Waals surface area contributed by atoms with Crippen LogP contribution < -0.4 is 10.2 Å². The molecule has 0 spiro atoms.